The van der Waals surface area contributed by atoms with Crippen LogP contribution in [0.2, 0.25) is 0 Å². The molecule has 1 saturated heterocycles. The van der Waals surface area contributed by atoms with Gasteiger partial charge in [-0.15, -0.1) is 0 Å². The van der Waals surface area contributed by atoms with Crippen molar-refractivity contribution in [2.45, 2.75) is 52.6 Å². The van der Waals surface area contributed by atoms with Gasteiger partial charge in [-0.05, 0) is 46.2 Å². The first kappa shape index (κ1) is 15.4. The SMILES string of the molecule is CNCCC1C(=O)NCC(C)(C)CN1C(C)(C)C. The Balaban J connectivity index is 2.96. The van der Waals surface area contributed by atoms with Gasteiger partial charge in [0.1, 0.15) is 0 Å². The largest absolute Gasteiger partial charge is 0.354 e. The Hall–Kier alpha value is -0.610. The summed E-state index contributed by atoms with van der Waals surface area (Å²) in [6, 6.07) is -0.0285. The topological polar surface area (TPSA) is 44.4 Å². The lowest BCUT2D eigenvalue weighted by atomic mass is 9.90. The predicted octanol–water partition coefficient (Wildman–Crippen LogP) is 1.22. The fourth-order valence-corrected chi connectivity index (χ4v) is 2.49. The first-order valence-corrected chi connectivity index (χ1v) is 6.86. The van der Waals surface area contributed by atoms with Crippen LogP contribution in [0.3, 0.4) is 0 Å². The van der Waals surface area contributed by atoms with Gasteiger partial charge in [-0.1, -0.05) is 13.8 Å². The second kappa shape index (κ2) is 5.57. The molecule has 4 heteroatoms. The monoisotopic (exact) mass is 255 g/mol. The van der Waals surface area contributed by atoms with Gasteiger partial charge < -0.3 is 10.6 Å². The molecule has 0 aromatic heterocycles. The summed E-state index contributed by atoms with van der Waals surface area (Å²) in [5, 5.41) is 6.23. The molecule has 0 saturated carbocycles. The van der Waals surface area contributed by atoms with Crippen LogP contribution in [-0.2, 0) is 4.79 Å². The third-order valence-electron chi connectivity index (χ3n) is 3.55. The maximum absolute atomic E-state index is 12.3. The van der Waals surface area contributed by atoms with Crippen molar-refractivity contribution in [3.05, 3.63) is 0 Å². The molecule has 1 atom stereocenters. The molecule has 106 valence electrons. The van der Waals surface area contributed by atoms with Crippen LogP contribution in [-0.4, -0.2) is 49.1 Å². The highest BCUT2D eigenvalue weighted by molar-refractivity contribution is 5.82. The van der Waals surface area contributed by atoms with E-state index in [0.29, 0.717) is 0 Å². The van der Waals surface area contributed by atoms with Crippen LogP contribution >= 0.6 is 0 Å². The van der Waals surface area contributed by atoms with Gasteiger partial charge in [-0.25, -0.2) is 0 Å². The van der Waals surface area contributed by atoms with Crippen molar-refractivity contribution in [1.29, 1.82) is 0 Å². The van der Waals surface area contributed by atoms with Gasteiger partial charge >= 0.3 is 0 Å². The molecule has 1 unspecified atom stereocenters. The average Bonchev–Trinajstić information content (AvgIpc) is 2.34. The first-order chi connectivity index (χ1) is 8.17. The zero-order chi connectivity index (χ0) is 14.0. The van der Waals surface area contributed by atoms with Gasteiger partial charge in [-0.3, -0.25) is 9.69 Å². The normalized spacial score (nSPS) is 25.7. The highest BCUT2D eigenvalue weighted by atomic mass is 16.2. The summed E-state index contributed by atoms with van der Waals surface area (Å²) in [4.78, 5) is 14.6. The van der Waals surface area contributed by atoms with Crippen LogP contribution in [0.4, 0.5) is 0 Å². The van der Waals surface area contributed by atoms with E-state index in [4.69, 9.17) is 0 Å². The molecular weight excluding hydrogens is 226 g/mol. The minimum Gasteiger partial charge on any atom is -0.354 e. The molecule has 0 aromatic carbocycles. The molecule has 0 spiro atoms. The van der Waals surface area contributed by atoms with Crippen LogP contribution in [0, 0.1) is 5.41 Å². The van der Waals surface area contributed by atoms with Gasteiger partial charge in [0.05, 0.1) is 6.04 Å². The number of nitrogens with one attached hydrogen (secondary N) is 2. The van der Waals surface area contributed by atoms with Crippen molar-refractivity contribution >= 4 is 5.91 Å². The summed E-state index contributed by atoms with van der Waals surface area (Å²) in [6.07, 6.45) is 0.857. The quantitative estimate of drug-likeness (QED) is 0.797. The number of amides is 1. The molecule has 1 fully saturated rings. The predicted molar refractivity (Wildman–Crippen MR) is 75.6 cm³/mol. The van der Waals surface area contributed by atoms with Gasteiger partial charge in [-0.2, -0.15) is 0 Å². The maximum Gasteiger partial charge on any atom is 0.237 e. The molecule has 4 nitrogen and oxygen atoms in total. The Labute approximate surface area is 111 Å². The fraction of sp³-hybridized carbons (Fsp3) is 0.929. The van der Waals surface area contributed by atoms with Crippen molar-refractivity contribution in [2.24, 2.45) is 5.41 Å². The van der Waals surface area contributed by atoms with Crippen LogP contribution in [0.1, 0.15) is 41.0 Å². The molecule has 2 N–H and O–H groups in total. The lowest BCUT2D eigenvalue weighted by molar-refractivity contribution is -0.127. The molecule has 1 rings (SSSR count). The van der Waals surface area contributed by atoms with Crippen LogP contribution < -0.4 is 10.6 Å². The van der Waals surface area contributed by atoms with Crippen molar-refractivity contribution in [1.82, 2.24) is 15.5 Å². The minimum absolute atomic E-state index is 0.0113. The molecule has 1 amide bonds. The molecule has 1 heterocycles. The summed E-state index contributed by atoms with van der Waals surface area (Å²) in [5.74, 6) is 0.172. The van der Waals surface area contributed by atoms with Gasteiger partial charge in [0.15, 0.2) is 0 Å². The fourth-order valence-electron chi connectivity index (χ4n) is 2.49. The average molecular weight is 255 g/mol. The van der Waals surface area contributed by atoms with Crippen LogP contribution in [0.15, 0.2) is 0 Å². The van der Waals surface area contributed by atoms with Crippen molar-refractivity contribution < 1.29 is 4.79 Å². The van der Waals surface area contributed by atoms with E-state index in [0.717, 1.165) is 26.1 Å². The zero-order valence-electron chi connectivity index (χ0n) is 12.8. The molecular formula is C14H29N3O. The Morgan fingerprint density at radius 3 is 2.56 bits per heavy atom. The number of carbonyl (C=O) groups excluding carboxylic acids is 1. The van der Waals surface area contributed by atoms with Crippen LogP contribution in [0.25, 0.3) is 0 Å². The van der Waals surface area contributed by atoms with E-state index in [1.54, 1.807) is 0 Å². The third-order valence-corrected chi connectivity index (χ3v) is 3.55. The van der Waals surface area contributed by atoms with Gasteiger partial charge in [0.25, 0.3) is 0 Å². The van der Waals surface area contributed by atoms with E-state index >= 15 is 0 Å². The molecule has 0 aliphatic carbocycles. The first-order valence-electron chi connectivity index (χ1n) is 6.86. The van der Waals surface area contributed by atoms with Crippen LogP contribution in [0.5, 0.6) is 0 Å². The summed E-state index contributed by atoms with van der Waals surface area (Å²) < 4.78 is 0. The Kier molecular flexibility index (Phi) is 4.78. The number of hydrogen-bond acceptors (Lipinski definition) is 3. The third kappa shape index (κ3) is 3.95. The van der Waals surface area contributed by atoms with E-state index in [1.807, 2.05) is 7.05 Å². The molecule has 0 radical (unpaired) electrons. The molecule has 1 aliphatic rings. The summed E-state index contributed by atoms with van der Waals surface area (Å²) in [7, 11) is 1.93. The number of rotatable bonds is 3. The lowest BCUT2D eigenvalue weighted by Crippen LogP contribution is -2.54. The summed E-state index contributed by atoms with van der Waals surface area (Å²) in [5.41, 5.74) is 0.134. The van der Waals surface area contributed by atoms with E-state index in [-0.39, 0.29) is 22.9 Å². The van der Waals surface area contributed by atoms with Crippen molar-refractivity contribution in [2.75, 3.05) is 26.7 Å². The van der Waals surface area contributed by atoms with Gasteiger partial charge in [0.2, 0.25) is 5.91 Å². The number of hydrogen-bond donors (Lipinski definition) is 2. The van der Waals surface area contributed by atoms with E-state index < -0.39 is 0 Å². The standard InChI is InChI=1S/C14H29N3O/c1-13(2,3)17-10-14(4,5)9-16-12(18)11(17)7-8-15-6/h11,15H,7-10H2,1-6H3,(H,16,18). The zero-order valence-corrected chi connectivity index (χ0v) is 12.8. The highest BCUT2D eigenvalue weighted by Gasteiger charge is 2.39. The maximum atomic E-state index is 12.3. The second-order valence-electron chi connectivity index (χ2n) is 7.09. The Morgan fingerprint density at radius 2 is 2.06 bits per heavy atom. The smallest absolute Gasteiger partial charge is 0.237 e. The van der Waals surface area contributed by atoms with E-state index in [9.17, 15) is 4.79 Å². The van der Waals surface area contributed by atoms with E-state index in [2.05, 4.69) is 50.2 Å². The Bertz CT molecular complexity index is 294. The van der Waals surface area contributed by atoms with Gasteiger partial charge in [0, 0.05) is 18.6 Å². The molecule has 1 aliphatic heterocycles. The van der Waals surface area contributed by atoms with Crippen molar-refractivity contribution in [3.8, 4) is 0 Å². The second-order valence-corrected chi connectivity index (χ2v) is 7.09. The highest BCUT2D eigenvalue weighted by Crippen LogP contribution is 2.28. The minimum atomic E-state index is -0.0285. The molecule has 0 bridgehead atoms. The van der Waals surface area contributed by atoms with Crippen molar-refractivity contribution in [3.63, 3.8) is 0 Å². The summed E-state index contributed by atoms with van der Waals surface area (Å²) in [6.45, 7) is 13.6. The number of carbonyl (C=O) groups is 1. The lowest BCUT2D eigenvalue weighted by Gasteiger charge is -2.42. The molecule has 0 aromatic rings. The molecule has 18 heavy (non-hydrogen) atoms. The number of nitrogens with zero attached hydrogens (tertiary/aromatic N) is 1. The van der Waals surface area contributed by atoms with E-state index in [1.165, 1.54) is 0 Å². The Morgan fingerprint density at radius 1 is 1.44 bits per heavy atom. The summed E-state index contributed by atoms with van der Waals surface area (Å²) >= 11 is 0.